The Balaban J connectivity index is 1.65. The molecular weight excluding hydrogens is 382 g/mol. The lowest BCUT2D eigenvalue weighted by atomic mass is 10.1. The number of nitrogens with zero attached hydrogens (tertiary/aromatic N) is 2. The molecule has 8 heteroatoms. The Morgan fingerprint density at radius 2 is 2.04 bits per heavy atom. The summed E-state index contributed by atoms with van der Waals surface area (Å²) in [5.74, 6) is -0.503. The van der Waals surface area contributed by atoms with Crippen LogP contribution in [0.25, 0.3) is 22.6 Å². The predicted octanol–water partition coefficient (Wildman–Crippen LogP) is 3.11. The summed E-state index contributed by atoms with van der Waals surface area (Å²) in [5.41, 5.74) is 3.67. The third kappa shape index (κ3) is 3.26. The number of nitrogens with one attached hydrogen (secondary N) is 1. The maximum absolute atomic E-state index is 12.3. The van der Waals surface area contributed by atoms with Gasteiger partial charge >= 0.3 is 0 Å². The van der Waals surface area contributed by atoms with Gasteiger partial charge in [-0.2, -0.15) is 0 Å². The highest BCUT2D eigenvalue weighted by molar-refractivity contribution is 6.31. The third-order valence-corrected chi connectivity index (χ3v) is 4.67. The summed E-state index contributed by atoms with van der Waals surface area (Å²) in [7, 11) is 0. The number of oxazole rings is 1. The fourth-order valence-corrected chi connectivity index (χ4v) is 3.14. The Morgan fingerprint density at radius 1 is 1.21 bits per heavy atom. The molecule has 2 amide bonds. The Morgan fingerprint density at radius 3 is 2.82 bits per heavy atom. The highest BCUT2D eigenvalue weighted by Gasteiger charge is 2.30. The third-order valence-electron chi connectivity index (χ3n) is 4.44. The van der Waals surface area contributed by atoms with Crippen LogP contribution >= 0.6 is 11.6 Å². The van der Waals surface area contributed by atoms with E-state index in [1.165, 1.54) is 6.08 Å². The summed E-state index contributed by atoms with van der Waals surface area (Å²) in [6.07, 6.45) is 1.23. The van der Waals surface area contributed by atoms with Gasteiger partial charge in [0.1, 0.15) is 11.2 Å². The quantitative estimate of drug-likeness (QED) is 0.642. The second kappa shape index (κ2) is 7.10. The van der Waals surface area contributed by atoms with Crippen molar-refractivity contribution < 1.29 is 19.1 Å². The SMILES string of the molecule is Cc1ccc(-c2nc3cc(Cl)ccc3o2)cc1NC1=CC(=O)N(CCO)C1=O. The normalized spacial score (nSPS) is 14.1. The van der Waals surface area contributed by atoms with Crippen molar-refractivity contribution in [2.75, 3.05) is 18.5 Å². The molecule has 2 N–H and O–H groups in total. The van der Waals surface area contributed by atoms with Crippen molar-refractivity contribution in [1.29, 1.82) is 0 Å². The number of rotatable bonds is 5. The van der Waals surface area contributed by atoms with Gasteiger partial charge in [-0.05, 0) is 42.8 Å². The number of hydrogen-bond acceptors (Lipinski definition) is 6. The molecule has 1 aromatic heterocycles. The Bertz CT molecular complexity index is 1140. The molecule has 7 nitrogen and oxygen atoms in total. The number of carbonyl (C=O) groups excluding carboxylic acids is 2. The lowest BCUT2D eigenvalue weighted by molar-refractivity contribution is -0.137. The molecule has 0 saturated carbocycles. The van der Waals surface area contributed by atoms with Crippen LogP contribution in [0.5, 0.6) is 0 Å². The summed E-state index contributed by atoms with van der Waals surface area (Å²) in [6.45, 7) is 1.56. The first-order valence-corrected chi connectivity index (χ1v) is 8.96. The van der Waals surface area contributed by atoms with Gasteiger partial charge < -0.3 is 14.8 Å². The Labute approximate surface area is 165 Å². The molecule has 0 bridgehead atoms. The van der Waals surface area contributed by atoms with Crippen LogP contribution in [0.1, 0.15) is 5.56 Å². The van der Waals surface area contributed by atoms with Crippen molar-refractivity contribution >= 4 is 40.2 Å². The topological polar surface area (TPSA) is 95.7 Å². The van der Waals surface area contributed by atoms with E-state index in [-0.39, 0.29) is 18.8 Å². The number of imide groups is 1. The minimum absolute atomic E-state index is 0.0379. The number of aryl methyl sites for hydroxylation is 1. The van der Waals surface area contributed by atoms with Gasteiger partial charge in [0.05, 0.1) is 13.2 Å². The van der Waals surface area contributed by atoms with Crippen LogP contribution in [0.3, 0.4) is 0 Å². The summed E-state index contributed by atoms with van der Waals surface area (Å²) in [4.78, 5) is 29.7. The first kappa shape index (κ1) is 18.2. The van der Waals surface area contributed by atoms with Crippen LogP contribution in [0.15, 0.2) is 52.6 Å². The summed E-state index contributed by atoms with van der Waals surface area (Å²) in [5, 5.41) is 12.6. The van der Waals surface area contributed by atoms with Crippen LogP contribution in [-0.2, 0) is 9.59 Å². The number of fused-ring (bicyclic) bond motifs is 1. The van der Waals surface area contributed by atoms with E-state index < -0.39 is 11.8 Å². The van der Waals surface area contributed by atoms with Gasteiger partial charge in [0.25, 0.3) is 11.8 Å². The van der Waals surface area contributed by atoms with Crippen LogP contribution in [0, 0.1) is 6.92 Å². The number of benzene rings is 2. The maximum atomic E-state index is 12.3. The molecule has 0 fully saturated rings. The molecular formula is C20H16ClN3O4. The largest absolute Gasteiger partial charge is 0.436 e. The van der Waals surface area contributed by atoms with E-state index in [0.717, 1.165) is 10.5 Å². The van der Waals surface area contributed by atoms with Crippen molar-refractivity contribution in [3.63, 3.8) is 0 Å². The van der Waals surface area contributed by atoms with Gasteiger partial charge in [-0.25, -0.2) is 4.98 Å². The number of aromatic nitrogens is 1. The minimum Gasteiger partial charge on any atom is -0.436 e. The molecule has 1 aliphatic rings. The number of aliphatic hydroxyl groups is 1. The number of carbonyl (C=O) groups is 2. The molecule has 2 aromatic carbocycles. The van der Waals surface area contributed by atoms with E-state index in [0.29, 0.717) is 33.3 Å². The molecule has 142 valence electrons. The average Bonchev–Trinajstić information content (AvgIpc) is 3.19. The van der Waals surface area contributed by atoms with E-state index in [4.69, 9.17) is 21.1 Å². The standard InChI is InChI=1S/C20H16ClN3O4/c1-11-2-3-12(19-23-15-9-13(21)4-5-17(15)28-19)8-14(11)22-16-10-18(26)24(6-7-25)20(16)27/h2-5,8-10,22,25H,6-7H2,1H3. The van der Waals surface area contributed by atoms with Crippen LogP contribution in [0.2, 0.25) is 5.02 Å². The molecule has 0 atom stereocenters. The highest BCUT2D eigenvalue weighted by Crippen LogP contribution is 2.30. The van der Waals surface area contributed by atoms with E-state index in [9.17, 15) is 9.59 Å². The molecule has 0 spiro atoms. The van der Waals surface area contributed by atoms with Gasteiger partial charge in [0.15, 0.2) is 5.58 Å². The molecule has 0 saturated heterocycles. The lowest BCUT2D eigenvalue weighted by Crippen LogP contribution is -2.34. The number of β-amino-alcohol motifs (C(OH)–C–C–N with tert-alkyl or cyclic N) is 1. The zero-order valence-corrected chi connectivity index (χ0v) is 15.7. The number of anilines is 1. The fraction of sp³-hybridized carbons (Fsp3) is 0.150. The van der Waals surface area contributed by atoms with Gasteiger partial charge in [-0.15, -0.1) is 0 Å². The van der Waals surface area contributed by atoms with Crippen molar-refractivity contribution in [2.45, 2.75) is 6.92 Å². The second-order valence-electron chi connectivity index (χ2n) is 6.36. The van der Waals surface area contributed by atoms with Crippen molar-refractivity contribution in [3.05, 3.63) is 58.8 Å². The minimum atomic E-state index is -0.472. The number of halogens is 1. The smallest absolute Gasteiger partial charge is 0.277 e. The molecule has 4 rings (SSSR count). The maximum Gasteiger partial charge on any atom is 0.277 e. The van der Waals surface area contributed by atoms with Crippen molar-refractivity contribution in [2.24, 2.45) is 0 Å². The summed E-state index contributed by atoms with van der Waals surface area (Å²) < 4.78 is 5.79. The first-order chi connectivity index (χ1) is 13.5. The van der Waals surface area contributed by atoms with E-state index in [2.05, 4.69) is 10.3 Å². The summed E-state index contributed by atoms with van der Waals surface area (Å²) >= 11 is 6.00. The highest BCUT2D eigenvalue weighted by atomic mass is 35.5. The van der Waals surface area contributed by atoms with Crippen molar-refractivity contribution in [3.8, 4) is 11.5 Å². The van der Waals surface area contributed by atoms with Gasteiger partial charge in [-0.1, -0.05) is 17.7 Å². The molecule has 0 radical (unpaired) electrons. The number of amides is 2. The molecule has 28 heavy (non-hydrogen) atoms. The van der Waals surface area contributed by atoms with Crippen LogP contribution in [0.4, 0.5) is 5.69 Å². The zero-order chi connectivity index (χ0) is 19.8. The zero-order valence-electron chi connectivity index (χ0n) is 14.9. The Hall–Kier alpha value is -3.16. The van der Waals surface area contributed by atoms with Crippen molar-refractivity contribution in [1.82, 2.24) is 9.88 Å². The molecule has 1 aliphatic heterocycles. The lowest BCUT2D eigenvalue weighted by Gasteiger charge is -2.14. The van der Waals surface area contributed by atoms with Gasteiger partial charge in [0, 0.05) is 22.3 Å². The molecule has 2 heterocycles. The van der Waals surface area contributed by atoms with Crippen LogP contribution in [-0.4, -0.2) is 40.0 Å². The van der Waals surface area contributed by atoms with Crippen LogP contribution < -0.4 is 5.32 Å². The summed E-state index contributed by atoms with van der Waals surface area (Å²) in [6, 6.07) is 10.7. The first-order valence-electron chi connectivity index (χ1n) is 8.59. The predicted molar refractivity (Wildman–Crippen MR) is 105 cm³/mol. The van der Waals surface area contributed by atoms with E-state index in [1.807, 2.05) is 19.1 Å². The number of aliphatic hydroxyl groups excluding tert-OH is 1. The second-order valence-corrected chi connectivity index (χ2v) is 6.80. The average molecular weight is 398 g/mol. The molecule has 0 unspecified atom stereocenters. The monoisotopic (exact) mass is 397 g/mol. The number of hydrogen-bond donors (Lipinski definition) is 2. The Kier molecular flexibility index (Phi) is 4.62. The van der Waals surface area contributed by atoms with Gasteiger partial charge in [0.2, 0.25) is 5.89 Å². The fourth-order valence-electron chi connectivity index (χ4n) is 2.97. The van der Waals surface area contributed by atoms with E-state index in [1.54, 1.807) is 24.3 Å². The van der Waals surface area contributed by atoms with E-state index >= 15 is 0 Å². The van der Waals surface area contributed by atoms with Gasteiger partial charge in [-0.3, -0.25) is 14.5 Å². The molecule has 3 aromatic rings. The molecule has 0 aliphatic carbocycles.